The number of rotatable bonds is 10. The van der Waals surface area contributed by atoms with Crippen LogP contribution < -0.4 is 14.8 Å². The maximum atomic E-state index is 13.5. The highest BCUT2D eigenvalue weighted by Gasteiger charge is 2.33. The number of carbonyl (C=O) groups is 2. The topological polar surface area (TPSA) is 148 Å². The molecule has 10 nitrogen and oxygen atoms in total. The first-order valence-electron chi connectivity index (χ1n) is 12.0. The molecule has 0 spiro atoms. The number of fused-ring (bicyclic) bond motifs is 1. The van der Waals surface area contributed by atoms with Gasteiger partial charge in [-0.25, -0.2) is 18.4 Å². The van der Waals surface area contributed by atoms with E-state index in [9.17, 15) is 23.1 Å². The van der Waals surface area contributed by atoms with Crippen LogP contribution in [0.3, 0.4) is 0 Å². The lowest BCUT2D eigenvalue weighted by atomic mass is 9.87. The predicted molar refractivity (Wildman–Crippen MR) is 140 cm³/mol. The molecule has 0 radical (unpaired) electrons. The third-order valence-electron chi connectivity index (χ3n) is 6.55. The van der Waals surface area contributed by atoms with Crippen molar-refractivity contribution in [2.45, 2.75) is 62.3 Å². The van der Waals surface area contributed by atoms with Crippen LogP contribution in [0.2, 0.25) is 0 Å². The smallest absolute Gasteiger partial charge is 0.324 e. The summed E-state index contributed by atoms with van der Waals surface area (Å²) in [5, 5.41) is 12.6. The van der Waals surface area contributed by atoms with Crippen molar-refractivity contribution in [1.29, 1.82) is 0 Å². The van der Waals surface area contributed by atoms with Crippen molar-refractivity contribution in [3.05, 3.63) is 42.0 Å². The zero-order valence-electron chi connectivity index (χ0n) is 20.9. The van der Waals surface area contributed by atoms with Crippen molar-refractivity contribution in [3.63, 3.8) is 0 Å². The number of carboxylic acid groups (broad SMARTS) is 1. The van der Waals surface area contributed by atoms with E-state index in [1.54, 1.807) is 24.3 Å². The molecule has 198 valence electrons. The number of benzene rings is 1. The Morgan fingerprint density at radius 1 is 1.14 bits per heavy atom. The molecule has 0 saturated heterocycles. The van der Waals surface area contributed by atoms with E-state index in [1.165, 1.54) is 44.4 Å². The average molecular weight is 547 g/mol. The van der Waals surface area contributed by atoms with E-state index in [-0.39, 0.29) is 10.8 Å². The third kappa shape index (κ3) is 6.25. The molecule has 3 N–H and O–H groups in total. The molecule has 1 aromatic carbocycles. The van der Waals surface area contributed by atoms with E-state index in [0.29, 0.717) is 39.3 Å². The quantitative estimate of drug-likeness (QED) is 0.344. The molecule has 0 bridgehead atoms. The highest BCUT2D eigenvalue weighted by Crippen LogP contribution is 2.36. The van der Waals surface area contributed by atoms with Gasteiger partial charge in [-0.2, -0.15) is 4.72 Å². The minimum absolute atomic E-state index is 0.0724. The SMILES string of the molecule is COc1ccc2nc(NC(=O)C(CC3CCCC3)c3ccc(S(=O)(=O)NC(C)(C)C(=O)O)cc3)sc2n1. The zero-order chi connectivity index (χ0) is 26.8. The van der Waals surface area contributed by atoms with Crippen molar-refractivity contribution in [2.24, 2.45) is 5.92 Å². The second kappa shape index (κ2) is 10.7. The number of carbonyl (C=O) groups excluding carboxylic acids is 1. The molecule has 1 unspecified atom stereocenters. The van der Waals surface area contributed by atoms with Gasteiger partial charge in [0.2, 0.25) is 21.8 Å². The van der Waals surface area contributed by atoms with Crippen LogP contribution >= 0.6 is 11.3 Å². The molecule has 4 rings (SSSR count). The second-order valence-corrected chi connectivity index (χ2v) is 12.4. The van der Waals surface area contributed by atoms with Crippen LogP contribution in [0.15, 0.2) is 41.3 Å². The molecule has 1 aliphatic carbocycles. The fourth-order valence-corrected chi connectivity index (χ4v) is 6.66. The van der Waals surface area contributed by atoms with Gasteiger partial charge in [0.05, 0.1) is 17.9 Å². The van der Waals surface area contributed by atoms with Crippen molar-refractivity contribution in [3.8, 4) is 5.88 Å². The highest BCUT2D eigenvalue weighted by molar-refractivity contribution is 7.89. The third-order valence-corrected chi connectivity index (χ3v) is 9.10. The number of hydrogen-bond donors (Lipinski definition) is 3. The van der Waals surface area contributed by atoms with Crippen LogP contribution in [0, 0.1) is 5.92 Å². The lowest BCUT2D eigenvalue weighted by Crippen LogP contribution is -2.49. The molecular weight excluding hydrogens is 516 g/mol. The van der Waals surface area contributed by atoms with E-state index in [0.717, 1.165) is 25.7 Å². The Kier molecular flexibility index (Phi) is 7.81. The summed E-state index contributed by atoms with van der Waals surface area (Å²) in [7, 11) is -2.54. The van der Waals surface area contributed by atoms with E-state index in [1.807, 2.05) is 0 Å². The van der Waals surface area contributed by atoms with Gasteiger partial charge >= 0.3 is 5.97 Å². The Morgan fingerprint density at radius 2 is 1.81 bits per heavy atom. The summed E-state index contributed by atoms with van der Waals surface area (Å²) in [6.07, 6.45) is 5.00. The number of nitrogens with zero attached hydrogens (tertiary/aromatic N) is 2. The summed E-state index contributed by atoms with van der Waals surface area (Å²) in [6, 6.07) is 9.52. The first-order valence-corrected chi connectivity index (χ1v) is 14.3. The Bertz CT molecular complexity index is 1400. The highest BCUT2D eigenvalue weighted by atomic mass is 32.2. The molecular formula is C25H30N4O6S2. The normalized spacial score (nSPS) is 15.5. The molecule has 1 saturated carbocycles. The number of thiazole rings is 1. The van der Waals surface area contributed by atoms with Gasteiger partial charge in [0.15, 0.2) is 5.13 Å². The van der Waals surface area contributed by atoms with E-state index >= 15 is 0 Å². The van der Waals surface area contributed by atoms with Crippen LogP contribution in [0.1, 0.15) is 57.4 Å². The number of aliphatic carboxylic acids is 1. The maximum Gasteiger partial charge on any atom is 0.324 e. The molecule has 1 amide bonds. The largest absolute Gasteiger partial charge is 0.481 e. The van der Waals surface area contributed by atoms with Crippen LogP contribution in [0.4, 0.5) is 5.13 Å². The molecule has 37 heavy (non-hydrogen) atoms. The average Bonchev–Trinajstić information content (AvgIpc) is 3.50. The molecule has 12 heteroatoms. The standard InChI is InChI=1S/C25H30N4O6S2/c1-25(2,23(31)32)29-37(33,34)17-10-8-16(9-11-17)18(14-15-6-4-5-7-15)21(30)28-24-26-19-12-13-20(35-3)27-22(19)36-24/h8-13,15,18,29H,4-7,14H2,1-3H3,(H,31,32)(H,26,28,30). The number of sulfonamides is 1. The summed E-state index contributed by atoms with van der Waals surface area (Å²) in [4.78, 5) is 34.2. The molecule has 2 aromatic heterocycles. The lowest BCUT2D eigenvalue weighted by Gasteiger charge is -2.22. The summed E-state index contributed by atoms with van der Waals surface area (Å²) in [5.74, 6) is -1.15. The van der Waals surface area contributed by atoms with Gasteiger partial charge in [-0.05, 0) is 49.9 Å². The zero-order valence-corrected chi connectivity index (χ0v) is 22.5. The number of hydrogen-bond acceptors (Lipinski definition) is 8. The van der Waals surface area contributed by atoms with Crippen molar-refractivity contribution in [1.82, 2.24) is 14.7 Å². The van der Waals surface area contributed by atoms with Crippen molar-refractivity contribution >= 4 is 48.7 Å². The molecule has 3 aromatic rings. The fraction of sp³-hybridized carbons (Fsp3) is 0.440. The number of anilines is 1. The van der Waals surface area contributed by atoms with Gasteiger partial charge in [-0.3, -0.25) is 9.59 Å². The first kappa shape index (κ1) is 27.0. The van der Waals surface area contributed by atoms with Gasteiger partial charge in [0, 0.05) is 6.07 Å². The number of nitrogens with one attached hydrogen (secondary N) is 2. The molecule has 1 aliphatic rings. The first-order chi connectivity index (χ1) is 17.5. The molecule has 0 aliphatic heterocycles. The predicted octanol–water partition coefficient (Wildman–Crippen LogP) is 4.14. The maximum absolute atomic E-state index is 13.5. The van der Waals surface area contributed by atoms with E-state index in [4.69, 9.17) is 4.74 Å². The Balaban J connectivity index is 1.57. The summed E-state index contributed by atoms with van der Waals surface area (Å²) >= 11 is 1.25. The molecule has 2 heterocycles. The minimum atomic E-state index is -4.07. The Labute approximate surface area is 219 Å². The van der Waals surface area contributed by atoms with Crippen LogP contribution in [0.25, 0.3) is 10.3 Å². The minimum Gasteiger partial charge on any atom is -0.481 e. The Hall–Kier alpha value is -3.09. The van der Waals surface area contributed by atoms with Crippen molar-refractivity contribution in [2.75, 3.05) is 12.4 Å². The summed E-state index contributed by atoms with van der Waals surface area (Å²) in [6.45, 7) is 2.55. The summed E-state index contributed by atoms with van der Waals surface area (Å²) in [5.41, 5.74) is -0.333. The van der Waals surface area contributed by atoms with E-state index < -0.39 is 27.4 Å². The van der Waals surface area contributed by atoms with Crippen LogP contribution in [-0.4, -0.2) is 48.0 Å². The van der Waals surface area contributed by atoms with Gasteiger partial charge in [0.1, 0.15) is 15.9 Å². The fourth-order valence-electron chi connectivity index (χ4n) is 4.45. The van der Waals surface area contributed by atoms with Gasteiger partial charge in [0.25, 0.3) is 0 Å². The number of pyridine rings is 1. The number of aromatic nitrogens is 2. The van der Waals surface area contributed by atoms with Gasteiger partial charge in [-0.15, -0.1) is 0 Å². The van der Waals surface area contributed by atoms with Crippen molar-refractivity contribution < 1.29 is 27.9 Å². The molecule has 1 fully saturated rings. The number of amides is 1. The van der Waals surface area contributed by atoms with Gasteiger partial charge in [-0.1, -0.05) is 49.2 Å². The van der Waals surface area contributed by atoms with Crippen LogP contribution in [-0.2, 0) is 19.6 Å². The molecule has 1 atom stereocenters. The van der Waals surface area contributed by atoms with Crippen LogP contribution in [0.5, 0.6) is 5.88 Å². The Morgan fingerprint density at radius 3 is 2.43 bits per heavy atom. The number of ether oxygens (including phenoxy) is 1. The number of methoxy groups -OCH3 is 1. The van der Waals surface area contributed by atoms with E-state index in [2.05, 4.69) is 20.0 Å². The monoisotopic (exact) mass is 546 g/mol. The lowest BCUT2D eigenvalue weighted by molar-refractivity contribution is -0.142. The van der Waals surface area contributed by atoms with Gasteiger partial charge < -0.3 is 15.2 Å². The second-order valence-electron chi connectivity index (χ2n) is 9.73. The number of carboxylic acids is 1. The summed E-state index contributed by atoms with van der Waals surface area (Å²) < 4.78 is 32.8.